The molecule has 0 aliphatic heterocycles. The minimum absolute atomic E-state index is 0.150. The van der Waals surface area contributed by atoms with Gasteiger partial charge in [-0.15, -0.1) is 0 Å². The molecule has 2 aromatic rings. The first-order chi connectivity index (χ1) is 9.11. The van der Waals surface area contributed by atoms with E-state index in [1.807, 2.05) is 0 Å². The maximum absolute atomic E-state index is 12.8. The third kappa shape index (κ3) is 2.71. The molecule has 0 fully saturated rings. The van der Waals surface area contributed by atoms with E-state index in [4.69, 9.17) is 11.1 Å². The highest BCUT2D eigenvalue weighted by Gasteiger charge is 2.15. The highest BCUT2D eigenvalue weighted by molar-refractivity contribution is 6.04. The quantitative estimate of drug-likeness (QED) is 0.419. The topological polar surface area (TPSA) is 103 Å². The number of nitrogens with zero attached hydrogens (tertiary/aromatic N) is 1. The van der Waals surface area contributed by atoms with Gasteiger partial charge >= 0.3 is 0 Å². The van der Waals surface area contributed by atoms with Gasteiger partial charge in [-0.1, -0.05) is 6.58 Å². The van der Waals surface area contributed by atoms with Gasteiger partial charge in [0.25, 0.3) is 0 Å². The van der Waals surface area contributed by atoms with Crippen LogP contribution in [0.2, 0.25) is 0 Å². The maximum Gasteiger partial charge on any atom is 0.165 e. The number of aromatic nitrogens is 2. The zero-order valence-corrected chi connectivity index (χ0v) is 10.00. The van der Waals surface area contributed by atoms with Crippen LogP contribution in [0.15, 0.2) is 37.0 Å². The molecule has 0 unspecified atom stereocenters. The van der Waals surface area contributed by atoms with Gasteiger partial charge in [0.05, 0.1) is 0 Å². The van der Waals surface area contributed by atoms with Gasteiger partial charge in [-0.05, 0) is 30.5 Å². The van der Waals surface area contributed by atoms with Crippen molar-refractivity contribution < 1.29 is 4.39 Å². The summed E-state index contributed by atoms with van der Waals surface area (Å²) in [5, 5.41) is 20.0. The Hall–Kier alpha value is -2.83. The summed E-state index contributed by atoms with van der Waals surface area (Å²) in [6.45, 7) is 3.52. The highest BCUT2D eigenvalue weighted by Crippen LogP contribution is 2.24. The number of rotatable bonds is 5. The molecular formula is C12H13FN6. The summed E-state index contributed by atoms with van der Waals surface area (Å²) in [7, 11) is 0. The molecule has 19 heavy (non-hydrogen) atoms. The number of nitrogen functional groups attached to an aromatic ring is 1. The summed E-state index contributed by atoms with van der Waals surface area (Å²) >= 11 is 0. The summed E-state index contributed by atoms with van der Waals surface area (Å²) in [6, 6.07) is 5.80. The van der Waals surface area contributed by atoms with Crippen LogP contribution in [0.1, 0.15) is 5.56 Å². The number of H-pyrrole nitrogens is 1. The van der Waals surface area contributed by atoms with Crippen molar-refractivity contribution in [3.63, 3.8) is 0 Å². The van der Waals surface area contributed by atoms with E-state index in [1.165, 1.54) is 18.3 Å². The van der Waals surface area contributed by atoms with Gasteiger partial charge in [-0.2, -0.15) is 5.10 Å². The van der Waals surface area contributed by atoms with Gasteiger partial charge in [-0.25, -0.2) is 4.39 Å². The van der Waals surface area contributed by atoms with Crippen molar-refractivity contribution in [3.8, 4) is 0 Å². The third-order valence-corrected chi connectivity index (χ3v) is 2.39. The Balaban J connectivity index is 2.31. The lowest BCUT2D eigenvalue weighted by molar-refractivity contribution is 0.628. The number of nitrogens with one attached hydrogen (secondary N) is 4. The standard InChI is InChI=1S/C12H13FN6/c1-2-16-11-9(10(14)15)12(19-18-11)17-8-5-3-7(13)4-6-8/h2-6H,1H2,(H3,14,15)(H3,16,17,18,19). The number of nitrogens with two attached hydrogens (primary N) is 1. The minimum Gasteiger partial charge on any atom is -0.383 e. The monoisotopic (exact) mass is 260 g/mol. The van der Waals surface area contributed by atoms with Crippen LogP contribution >= 0.6 is 0 Å². The van der Waals surface area contributed by atoms with Crippen molar-refractivity contribution >= 4 is 23.2 Å². The fourth-order valence-corrected chi connectivity index (χ4v) is 1.57. The lowest BCUT2D eigenvalue weighted by atomic mass is 10.2. The lowest BCUT2D eigenvalue weighted by Gasteiger charge is -2.06. The Morgan fingerprint density at radius 3 is 2.68 bits per heavy atom. The van der Waals surface area contributed by atoms with Crippen LogP contribution in [0.3, 0.4) is 0 Å². The third-order valence-electron chi connectivity index (χ3n) is 2.39. The second kappa shape index (κ2) is 5.21. The molecule has 0 aliphatic rings. The predicted molar refractivity (Wildman–Crippen MR) is 73.1 cm³/mol. The Morgan fingerprint density at radius 2 is 2.11 bits per heavy atom. The molecule has 0 spiro atoms. The molecule has 7 heteroatoms. The number of aromatic amines is 1. The van der Waals surface area contributed by atoms with E-state index in [0.29, 0.717) is 22.9 Å². The van der Waals surface area contributed by atoms with Crippen molar-refractivity contribution in [1.82, 2.24) is 10.2 Å². The number of halogens is 1. The number of benzene rings is 1. The first-order valence-corrected chi connectivity index (χ1v) is 5.44. The minimum atomic E-state index is -0.323. The smallest absolute Gasteiger partial charge is 0.165 e. The summed E-state index contributed by atoms with van der Waals surface area (Å²) in [4.78, 5) is 0. The van der Waals surface area contributed by atoms with Gasteiger partial charge < -0.3 is 16.4 Å². The van der Waals surface area contributed by atoms with E-state index in [2.05, 4.69) is 27.4 Å². The molecule has 0 saturated carbocycles. The molecule has 6 nitrogen and oxygen atoms in total. The van der Waals surface area contributed by atoms with Crippen LogP contribution in [0, 0.1) is 11.2 Å². The van der Waals surface area contributed by atoms with E-state index in [1.54, 1.807) is 12.1 Å². The van der Waals surface area contributed by atoms with Crippen LogP contribution < -0.4 is 16.4 Å². The normalized spacial score (nSPS) is 9.95. The number of hydrogen-bond donors (Lipinski definition) is 5. The summed E-state index contributed by atoms with van der Waals surface area (Å²) in [6.07, 6.45) is 1.43. The van der Waals surface area contributed by atoms with Gasteiger partial charge in [0, 0.05) is 5.69 Å². The van der Waals surface area contributed by atoms with Crippen molar-refractivity contribution in [1.29, 1.82) is 5.41 Å². The van der Waals surface area contributed by atoms with Crippen LogP contribution in [-0.4, -0.2) is 16.0 Å². The predicted octanol–water partition coefficient (Wildman–Crippen LogP) is 2.13. The fraction of sp³-hybridized carbons (Fsp3) is 0. The molecule has 98 valence electrons. The summed E-state index contributed by atoms with van der Waals surface area (Å²) in [5.41, 5.74) is 6.56. The molecule has 1 aromatic heterocycles. The number of amidine groups is 1. The molecule has 0 bridgehead atoms. The van der Waals surface area contributed by atoms with Gasteiger partial charge in [-0.3, -0.25) is 10.5 Å². The molecule has 0 atom stereocenters. The second-order valence-corrected chi connectivity index (χ2v) is 3.72. The SMILES string of the molecule is C=CNc1n[nH]c(Nc2ccc(F)cc2)c1C(=N)N. The molecule has 6 N–H and O–H groups in total. The Kier molecular flexibility index (Phi) is 3.46. The van der Waals surface area contributed by atoms with E-state index >= 15 is 0 Å². The maximum atomic E-state index is 12.8. The number of hydrogen-bond acceptors (Lipinski definition) is 4. The Labute approximate surface area is 109 Å². The van der Waals surface area contributed by atoms with E-state index in [-0.39, 0.29) is 11.7 Å². The number of anilines is 3. The van der Waals surface area contributed by atoms with Crippen molar-refractivity contribution in [3.05, 3.63) is 48.4 Å². The summed E-state index contributed by atoms with van der Waals surface area (Å²) in [5.74, 6) is 0.370. The molecule has 0 radical (unpaired) electrons. The van der Waals surface area contributed by atoms with Crippen LogP contribution in [0.4, 0.5) is 21.7 Å². The van der Waals surface area contributed by atoms with Crippen molar-refractivity contribution in [2.24, 2.45) is 5.73 Å². The average molecular weight is 260 g/mol. The van der Waals surface area contributed by atoms with E-state index < -0.39 is 0 Å². The molecule has 2 rings (SSSR count). The average Bonchev–Trinajstić information content (AvgIpc) is 2.76. The second-order valence-electron chi connectivity index (χ2n) is 3.72. The van der Waals surface area contributed by atoms with Crippen LogP contribution in [0.5, 0.6) is 0 Å². The van der Waals surface area contributed by atoms with Gasteiger partial charge in [0.1, 0.15) is 23.0 Å². The molecule has 0 amide bonds. The van der Waals surface area contributed by atoms with Crippen molar-refractivity contribution in [2.75, 3.05) is 10.6 Å². The molecule has 1 heterocycles. The zero-order valence-electron chi connectivity index (χ0n) is 10.00. The molecule has 0 saturated heterocycles. The Morgan fingerprint density at radius 1 is 1.42 bits per heavy atom. The van der Waals surface area contributed by atoms with Gasteiger partial charge in [0.2, 0.25) is 0 Å². The fourth-order valence-electron chi connectivity index (χ4n) is 1.57. The first-order valence-electron chi connectivity index (χ1n) is 5.44. The molecular weight excluding hydrogens is 247 g/mol. The first kappa shape index (κ1) is 12.6. The highest BCUT2D eigenvalue weighted by atomic mass is 19.1. The van der Waals surface area contributed by atoms with Crippen LogP contribution in [0.25, 0.3) is 0 Å². The lowest BCUT2D eigenvalue weighted by Crippen LogP contribution is -2.14. The largest absolute Gasteiger partial charge is 0.383 e. The Bertz CT molecular complexity index is 601. The summed E-state index contributed by atoms with van der Waals surface area (Å²) < 4.78 is 12.8. The zero-order chi connectivity index (χ0) is 13.8. The van der Waals surface area contributed by atoms with Gasteiger partial charge in [0.15, 0.2) is 5.82 Å². The van der Waals surface area contributed by atoms with Crippen molar-refractivity contribution in [2.45, 2.75) is 0 Å². The van der Waals surface area contributed by atoms with E-state index in [9.17, 15) is 4.39 Å². The molecule has 0 aliphatic carbocycles. The molecule has 1 aromatic carbocycles. The van der Waals surface area contributed by atoms with E-state index in [0.717, 1.165) is 0 Å². The van der Waals surface area contributed by atoms with Crippen LogP contribution in [-0.2, 0) is 0 Å².